The fourth-order valence-electron chi connectivity index (χ4n) is 9.96. The quantitative estimate of drug-likeness (QED) is 0.0243. The van der Waals surface area contributed by atoms with Gasteiger partial charge in [-0.15, -0.1) is 0 Å². The Hall–Kier alpha value is -3.10. The standard InChI is InChI=1S/C76H135N2O6P/c1-6-8-10-12-14-16-18-20-22-24-26-28-30-32-33-34-35-36-37-38-39-40-41-42-43-44-45-46-48-50-52-54-56-58-60-62-64-66-68-70-76(80)77-74(73-84-85(81,82)83-72-71-78(3,4)5)75(79)69-67-65-63-61-59-57-55-53-51-49-47-31-29-27-25-23-21-19-17-15-13-11-9-7-2/h8,10,14,16,20,22,26,28,32-33,35-36,38-39,41-42,59,61,67,69,74-75,79H,6-7,9,11-13,15,17-19,21,23-25,27,29-31,34,37,40,43-58,60,62-66,68,70-73H2,1-5H3,(H-,77,80,81,82)/p+1/b10-8-,16-14-,22-20-,28-26-,33-32-,36-35-,39-38-,42-41-,61-59+,69-67+. The molecule has 0 saturated heterocycles. The minimum atomic E-state index is -4.37. The van der Waals surface area contributed by atoms with Crippen LogP contribution in [-0.4, -0.2) is 73.4 Å². The Morgan fingerprint density at radius 3 is 1.08 bits per heavy atom. The van der Waals surface area contributed by atoms with Crippen molar-refractivity contribution in [3.8, 4) is 0 Å². The van der Waals surface area contributed by atoms with E-state index in [0.717, 1.165) is 89.9 Å². The van der Waals surface area contributed by atoms with Gasteiger partial charge in [-0.1, -0.05) is 322 Å². The summed E-state index contributed by atoms with van der Waals surface area (Å²) in [6.07, 6.45) is 97.7. The third-order valence-corrected chi connectivity index (χ3v) is 16.4. The number of hydrogen-bond donors (Lipinski definition) is 3. The highest BCUT2D eigenvalue weighted by molar-refractivity contribution is 7.47. The fraction of sp³-hybridized carbons (Fsp3) is 0.724. The van der Waals surface area contributed by atoms with E-state index in [-0.39, 0.29) is 19.1 Å². The van der Waals surface area contributed by atoms with Crippen LogP contribution in [0.4, 0.5) is 0 Å². The SMILES string of the molecule is CC/C=C\C/C=C\C/C=C\C/C=C\C/C=C\C/C=C\C/C=C\C/C=C\CCCCCCCCCCCCCCCCC(=O)NC(COP(=O)(O)OCC[N+](C)(C)C)C(O)/C=C/CC/C=C/CCCCCCCCCCCCCCCCCCCC. The van der Waals surface area contributed by atoms with Crippen molar-refractivity contribution >= 4 is 13.7 Å². The van der Waals surface area contributed by atoms with Crippen LogP contribution in [0, 0.1) is 0 Å². The Kier molecular flexibility index (Phi) is 63.0. The van der Waals surface area contributed by atoms with E-state index in [2.05, 4.69) is 129 Å². The summed E-state index contributed by atoms with van der Waals surface area (Å²) in [5.41, 5.74) is 0. The van der Waals surface area contributed by atoms with Crippen LogP contribution in [0.1, 0.15) is 303 Å². The zero-order valence-corrected chi connectivity index (χ0v) is 57.0. The summed E-state index contributed by atoms with van der Waals surface area (Å²) in [7, 11) is 1.55. The number of nitrogens with one attached hydrogen (secondary N) is 1. The van der Waals surface area contributed by atoms with Gasteiger partial charge in [0.25, 0.3) is 0 Å². The number of aliphatic hydroxyl groups is 1. The molecule has 1 amide bonds. The second kappa shape index (κ2) is 65.3. The van der Waals surface area contributed by atoms with Gasteiger partial charge in [-0.05, 0) is 96.3 Å². The number of phosphoric acid groups is 1. The molecule has 0 radical (unpaired) electrons. The van der Waals surface area contributed by atoms with Gasteiger partial charge >= 0.3 is 7.82 Å². The van der Waals surface area contributed by atoms with Gasteiger partial charge in [-0.2, -0.15) is 0 Å². The smallest absolute Gasteiger partial charge is 0.387 e. The first-order valence-electron chi connectivity index (χ1n) is 35.4. The van der Waals surface area contributed by atoms with E-state index in [1.165, 1.54) is 193 Å². The largest absolute Gasteiger partial charge is 0.472 e. The first kappa shape index (κ1) is 81.9. The van der Waals surface area contributed by atoms with Crippen molar-refractivity contribution in [2.24, 2.45) is 0 Å². The molecule has 490 valence electrons. The summed E-state index contributed by atoms with van der Waals surface area (Å²) >= 11 is 0. The van der Waals surface area contributed by atoms with Gasteiger partial charge in [0.1, 0.15) is 13.2 Å². The molecule has 0 spiro atoms. The first-order valence-corrected chi connectivity index (χ1v) is 36.9. The number of phosphoric ester groups is 1. The number of carbonyl (C=O) groups excluding carboxylic acids is 1. The van der Waals surface area contributed by atoms with Crippen molar-refractivity contribution in [1.82, 2.24) is 5.32 Å². The molecule has 0 heterocycles. The lowest BCUT2D eigenvalue weighted by Gasteiger charge is -2.25. The average molecular weight is 1200 g/mol. The molecule has 0 bridgehead atoms. The van der Waals surface area contributed by atoms with E-state index in [9.17, 15) is 19.4 Å². The highest BCUT2D eigenvalue weighted by atomic mass is 31.2. The predicted octanol–water partition coefficient (Wildman–Crippen LogP) is 22.8. The van der Waals surface area contributed by atoms with Crippen LogP contribution in [0.15, 0.2) is 122 Å². The molecular formula is C76H136N2O6P+. The van der Waals surface area contributed by atoms with E-state index >= 15 is 0 Å². The molecule has 0 rings (SSSR count). The van der Waals surface area contributed by atoms with E-state index in [1.54, 1.807) is 6.08 Å². The normalized spacial score (nSPS) is 14.4. The maximum atomic E-state index is 13.1. The molecule has 3 unspecified atom stereocenters. The molecular weight excluding hydrogens is 1070 g/mol. The number of amides is 1. The summed E-state index contributed by atoms with van der Waals surface area (Å²) in [6.45, 7) is 4.70. The Bertz CT molecular complexity index is 1800. The molecule has 3 N–H and O–H groups in total. The maximum absolute atomic E-state index is 13.1. The topological polar surface area (TPSA) is 105 Å². The third kappa shape index (κ3) is 68.3. The number of quaternary nitrogens is 1. The number of rotatable bonds is 64. The van der Waals surface area contributed by atoms with Crippen LogP contribution in [-0.2, 0) is 18.4 Å². The Morgan fingerprint density at radius 2 is 0.718 bits per heavy atom. The number of allylic oxidation sites excluding steroid dienone is 19. The summed E-state index contributed by atoms with van der Waals surface area (Å²) in [4.78, 5) is 23.4. The summed E-state index contributed by atoms with van der Waals surface area (Å²) in [6, 6.07) is -0.872. The predicted molar refractivity (Wildman–Crippen MR) is 373 cm³/mol. The molecule has 0 aromatic heterocycles. The van der Waals surface area contributed by atoms with Crippen molar-refractivity contribution in [3.63, 3.8) is 0 Å². The lowest BCUT2D eigenvalue weighted by atomic mass is 10.0. The van der Waals surface area contributed by atoms with Crippen LogP contribution < -0.4 is 5.32 Å². The molecule has 0 saturated carbocycles. The second-order valence-electron chi connectivity index (χ2n) is 24.9. The van der Waals surface area contributed by atoms with Gasteiger partial charge in [0.2, 0.25) is 5.91 Å². The highest BCUT2D eigenvalue weighted by Crippen LogP contribution is 2.43. The zero-order valence-electron chi connectivity index (χ0n) is 56.1. The van der Waals surface area contributed by atoms with Gasteiger partial charge in [0, 0.05) is 6.42 Å². The van der Waals surface area contributed by atoms with Gasteiger partial charge in [-0.3, -0.25) is 13.8 Å². The minimum absolute atomic E-state index is 0.0522. The first-order chi connectivity index (χ1) is 41.5. The molecule has 0 aromatic rings. The number of likely N-dealkylation sites (N-methyl/N-ethyl adjacent to an activating group) is 1. The molecule has 8 nitrogen and oxygen atoms in total. The van der Waals surface area contributed by atoms with Crippen molar-refractivity contribution in [2.75, 3.05) is 40.9 Å². The van der Waals surface area contributed by atoms with Crippen molar-refractivity contribution in [2.45, 2.75) is 315 Å². The minimum Gasteiger partial charge on any atom is -0.387 e. The Balaban J connectivity index is 4.10. The highest BCUT2D eigenvalue weighted by Gasteiger charge is 2.28. The van der Waals surface area contributed by atoms with Gasteiger partial charge in [-0.25, -0.2) is 4.57 Å². The van der Waals surface area contributed by atoms with E-state index in [0.29, 0.717) is 17.4 Å². The summed E-state index contributed by atoms with van der Waals surface area (Å²) in [5, 5.41) is 14.0. The number of carbonyl (C=O) groups is 1. The fourth-order valence-corrected chi connectivity index (χ4v) is 10.7. The van der Waals surface area contributed by atoms with Crippen LogP contribution in [0.3, 0.4) is 0 Å². The van der Waals surface area contributed by atoms with Crippen LogP contribution in [0.2, 0.25) is 0 Å². The Morgan fingerprint density at radius 1 is 0.412 bits per heavy atom. The Labute approximate surface area is 526 Å². The maximum Gasteiger partial charge on any atom is 0.472 e. The van der Waals surface area contributed by atoms with Crippen LogP contribution in [0.25, 0.3) is 0 Å². The van der Waals surface area contributed by atoms with E-state index in [4.69, 9.17) is 9.05 Å². The van der Waals surface area contributed by atoms with E-state index in [1.807, 2.05) is 27.2 Å². The molecule has 0 aromatic carbocycles. The average Bonchev–Trinajstić information content (AvgIpc) is 3.49. The number of aliphatic hydroxyl groups excluding tert-OH is 1. The molecule has 85 heavy (non-hydrogen) atoms. The molecule has 3 atom stereocenters. The molecule has 0 aliphatic carbocycles. The number of unbranched alkanes of at least 4 members (excludes halogenated alkanes) is 33. The van der Waals surface area contributed by atoms with Crippen LogP contribution >= 0.6 is 7.82 Å². The number of nitrogens with zero attached hydrogens (tertiary/aromatic N) is 1. The molecule has 9 heteroatoms. The third-order valence-electron chi connectivity index (χ3n) is 15.4. The van der Waals surface area contributed by atoms with E-state index < -0.39 is 20.0 Å². The van der Waals surface area contributed by atoms with Crippen LogP contribution in [0.5, 0.6) is 0 Å². The monoisotopic (exact) mass is 1200 g/mol. The number of hydrogen-bond acceptors (Lipinski definition) is 5. The van der Waals surface area contributed by atoms with Gasteiger partial charge < -0.3 is 19.8 Å². The second-order valence-corrected chi connectivity index (χ2v) is 26.3. The summed E-state index contributed by atoms with van der Waals surface area (Å²) < 4.78 is 23.8. The lowest BCUT2D eigenvalue weighted by Crippen LogP contribution is -2.45. The molecule has 0 fully saturated rings. The zero-order chi connectivity index (χ0) is 61.9. The van der Waals surface area contributed by atoms with Crippen molar-refractivity contribution < 1.29 is 32.9 Å². The van der Waals surface area contributed by atoms with Crippen molar-refractivity contribution in [3.05, 3.63) is 122 Å². The molecule has 0 aliphatic rings. The van der Waals surface area contributed by atoms with Crippen molar-refractivity contribution in [1.29, 1.82) is 0 Å². The lowest BCUT2D eigenvalue weighted by molar-refractivity contribution is -0.870. The van der Waals surface area contributed by atoms with Gasteiger partial charge in [0.05, 0.1) is 39.9 Å². The molecule has 0 aliphatic heterocycles. The van der Waals surface area contributed by atoms with Gasteiger partial charge in [0.15, 0.2) is 0 Å². The summed E-state index contributed by atoms with van der Waals surface area (Å²) in [5.74, 6) is -0.188.